The highest BCUT2D eigenvalue weighted by molar-refractivity contribution is 9.11. The molecule has 0 saturated heterocycles. The molecule has 0 saturated carbocycles. The van der Waals surface area contributed by atoms with E-state index in [2.05, 4.69) is 70.0 Å². The normalized spacial score (nSPS) is 11.3. The number of halogens is 2. The molecule has 0 spiro atoms. The Morgan fingerprint density at radius 3 is 1.29 bits per heavy atom. The molecule has 0 aliphatic rings. The Kier molecular flexibility index (Phi) is 14.3. The first-order chi connectivity index (χ1) is 18.5. The van der Waals surface area contributed by atoms with Crippen LogP contribution in [0, 0.1) is 0 Å². The van der Waals surface area contributed by atoms with Crippen LogP contribution in [0.2, 0.25) is 0 Å². The molecule has 0 aliphatic carbocycles. The first-order valence-electron chi connectivity index (χ1n) is 14.3. The number of aryl methyl sites for hydroxylation is 2. The van der Waals surface area contributed by atoms with E-state index in [1.54, 1.807) is 36.9 Å². The number of benzene rings is 1. The third-order valence-corrected chi connectivity index (χ3v) is 11.2. The highest BCUT2D eigenvalue weighted by Gasteiger charge is 2.19. The summed E-state index contributed by atoms with van der Waals surface area (Å²) in [7, 11) is 3.53. The maximum absolute atomic E-state index is 5.92. The van der Waals surface area contributed by atoms with Crippen molar-refractivity contribution in [2.24, 2.45) is 0 Å². The molecule has 38 heavy (non-hydrogen) atoms. The van der Waals surface area contributed by atoms with Gasteiger partial charge in [-0.15, -0.1) is 22.7 Å². The van der Waals surface area contributed by atoms with Crippen molar-refractivity contribution in [1.82, 2.24) is 0 Å². The van der Waals surface area contributed by atoms with Crippen molar-refractivity contribution >= 4 is 54.5 Å². The van der Waals surface area contributed by atoms with Crippen LogP contribution >= 0.6 is 54.5 Å². The van der Waals surface area contributed by atoms with Gasteiger partial charge in [-0.2, -0.15) is 0 Å². The Labute approximate surface area is 255 Å². The van der Waals surface area contributed by atoms with Crippen molar-refractivity contribution in [2.45, 2.75) is 104 Å². The number of thiophene rings is 2. The van der Waals surface area contributed by atoms with Crippen LogP contribution in [0.25, 0.3) is 20.9 Å². The number of rotatable bonds is 18. The summed E-state index contributed by atoms with van der Waals surface area (Å²) in [6.07, 6.45) is 18.0. The minimum atomic E-state index is 0.891. The number of unbranched alkanes of at least 4 members (excludes halogenated alkanes) is 10. The maximum atomic E-state index is 5.92. The summed E-state index contributed by atoms with van der Waals surface area (Å²) < 4.78 is 14.3. The lowest BCUT2D eigenvalue weighted by Gasteiger charge is -2.13. The van der Waals surface area contributed by atoms with Crippen LogP contribution in [0.1, 0.15) is 102 Å². The van der Waals surface area contributed by atoms with E-state index < -0.39 is 0 Å². The first kappa shape index (κ1) is 31.7. The molecule has 0 radical (unpaired) electrons. The average Bonchev–Trinajstić information content (AvgIpc) is 3.48. The molecule has 2 aromatic heterocycles. The average molecular weight is 685 g/mol. The van der Waals surface area contributed by atoms with Crippen molar-refractivity contribution < 1.29 is 9.47 Å². The lowest BCUT2D eigenvalue weighted by atomic mass is 10.0. The van der Waals surface area contributed by atoms with Gasteiger partial charge in [0.15, 0.2) is 0 Å². The Balaban J connectivity index is 1.75. The molecule has 0 N–H and O–H groups in total. The van der Waals surface area contributed by atoms with E-state index in [-0.39, 0.29) is 0 Å². The summed E-state index contributed by atoms with van der Waals surface area (Å²) in [6, 6.07) is 8.97. The van der Waals surface area contributed by atoms with Crippen molar-refractivity contribution in [3.05, 3.63) is 43.0 Å². The smallest absolute Gasteiger partial charge is 0.128 e. The topological polar surface area (TPSA) is 18.5 Å². The van der Waals surface area contributed by atoms with Crippen molar-refractivity contribution in [3.8, 4) is 32.4 Å². The van der Waals surface area contributed by atoms with E-state index >= 15 is 0 Å². The molecule has 6 heteroatoms. The SMILES string of the molecule is CCCCCCCCc1cc(-c2cc(OC)c(-c3cc(CCCCCCCC)c(Br)s3)cc2OC)sc1Br. The minimum absolute atomic E-state index is 0.891. The fourth-order valence-electron chi connectivity index (χ4n) is 4.89. The molecule has 3 aromatic rings. The second kappa shape index (κ2) is 17.1. The molecule has 1 aromatic carbocycles. The standard InChI is InChI=1S/C32H44Br2O2S2/c1-5-7-9-11-13-15-17-23-19-29(37-31(23)33)25-21-28(36-4)26(22-27(25)35-3)30-20-24(32(34)38-30)18-16-14-12-10-8-6-2/h19-22H,5-18H2,1-4H3. The van der Waals surface area contributed by atoms with E-state index in [1.165, 1.54) is 106 Å². The Morgan fingerprint density at radius 2 is 0.921 bits per heavy atom. The van der Waals surface area contributed by atoms with E-state index in [1.807, 2.05) is 0 Å². The maximum Gasteiger partial charge on any atom is 0.128 e. The van der Waals surface area contributed by atoms with Crippen LogP contribution in [0.5, 0.6) is 11.5 Å². The van der Waals surface area contributed by atoms with Gasteiger partial charge < -0.3 is 9.47 Å². The molecule has 3 rings (SSSR count). The molecule has 0 fully saturated rings. The number of ether oxygens (including phenoxy) is 2. The second-order valence-electron chi connectivity index (χ2n) is 10.1. The van der Waals surface area contributed by atoms with Gasteiger partial charge in [0.05, 0.1) is 21.8 Å². The third-order valence-electron chi connectivity index (χ3n) is 7.17. The van der Waals surface area contributed by atoms with Gasteiger partial charge in [-0.05, 0) is 92.9 Å². The molecule has 0 amide bonds. The first-order valence-corrected chi connectivity index (χ1v) is 17.6. The van der Waals surface area contributed by atoms with Gasteiger partial charge in [0, 0.05) is 20.9 Å². The van der Waals surface area contributed by atoms with E-state index in [0.29, 0.717) is 0 Å². The summed E-state index contributed by atoms with van der Waals surface area (Å²) in [5, 5.41) is 0. The Hall–Kier alpha value is -0.820. The molecule has 0 unspecified atom stereocenters. The highest BCUT2D eigenvalue weighted by atomic mass is 79.9. The fourth-order valence-corrected chi connectivity index (χ4v) is 8.48. The van der Waals surface area contributed by atoms with Crippen LogP contribution in [-0.2, 0) is 12.8 Å². The van der Waals surface area contributed by atoms with Crippen LogP contribution in [0.3, 0.4) is 0 Å². The summed E-state index contributed by atoms with van der Waals surface area (Å²) in [5.41, 5.74) is 4.98. The van der Waals surface area contributed by atoms with Crippen molar-refractivity contribution in [3.63, 3.8) is 0 Å². The number of hydrogen-bond donors (Lipinski definition) is 0. The number of methoxy groups -OCH3 is 2. The van der Waals surface area contributed by atoms with Crippen LogP contribution < -0.4 is 9.47 Å². The van der Waals surface area contributed by atoms with Crippen molar-refractivity contribution in [2.75, 3.05) is 14.2 Å². The van der Waals surface area contributed by atoms with E-state index in [9.17, 15) is 0 Å². The summed E-state index contributed by atoms with van der Waals surface area (Å²) in [4.78, 5) is 2.44. The van der Waals surface area contributed by atoms with Gasteiger partial charge in [-0.3, -0.25) is 0 Å². The highest BCUT2D eigenvalue weighted by Crippen LogP contribution is 2.47. The molecule has 210 valence electrons. The van der Waals surface area contributed by atoms with Crippen LogP contribution in [-0.4, -0.2) is 14.2 Å². The number of hydrogen-bond acceptors (Lipinski definition) is 4. The predicted octanol–water partition coefficient (Wildman–Crippen LogP) is 12.5. The quantitative estimate of drug-likeness (QED) is 0.124. The Morgan fingerprint density at radius 1 is 0.553 bits per heavy atom. The van der Waals surface area contributed by atoms with Gasteiger partial charge in [0.1, 0.15) is 11.5 Å². The van der Waals surface area contributed by atoms with Gasteiger partial charge in [0.2, 0.25) is 0 Å². The van der Waals surface area contributed by atoms with Gasteiger partial charge in [-0.25, -0.2) is 0 Å². The molecular weight excluding hydrogens is 640 g/mol. The predicted molar refractivity (Wildman–Crippen MR) is 176 cm³/mol. The Bertz CT molecular complexity index is 1030. The molecule has 0 atom stereocenters. The monoisotopic (exact) mass is 682 g/mol. The fraction of sp³-hybridized carbons (Fsp3) is 0.562. The van der Waals surface area contributed by atoms with Gasteiger partial charge in [0.25, 0.3) is 0 Å². The summed E-state index contributed by atoms with van der Waals surface area (Å²) in [6.45, 7) is 4.54. The zero-order valence-electron chi connectivity index (χ0n) is 23.6. The second-order valence-corrected chi connectivity index (χ2v) is 14.8. The summed E-state index contributed by atoms with van der Waals surface area (Å²) >= 11 is 11.2. The lowest BCUT2D eigenvalue weighted by molar-refractivity contribution is 0.406. The van der Waals surface area contributed by atoms with Gasteiger partial charge >= 0.3 is 0 Å². The van der Waals surface area contributed by atoms with Crippen LogP contribution in [0.4, 0.5) is 0 Å². The van der Waals surface area contributed by atoms with E-state index in [4.69, 9.17) is 9.47 Å². The largest absolute Gasteiger partial charge is 0.496 e. The van der Waals surface area contributed by atoms with E-state index in [0.717, 1.165) is 35.5 Å². The zero-order chi connectivity index (χ0) is 27.3. The zero-order valence-corrected chi connectivity index (χ0v) is 28.4. The molecule has 2 heterocycles. The molecule has 0 aliphatic heterocycles. The van der Waals surface area contributed by atoms with Crippen molar-refractivity contribution in [1.29, 1.82) is 0 Å². The van der Waals surface area contributed by atoms with Crippen LogP contribution in [0.15, 0.2) is 31.8 Å². The minimum Gasteiger partial charge on any atom is -0.496 e. The molecule has 0 bridgehead atoms. The molecular formula is C32H44Br2O2S2. The third kappa shape index (κ3) is 9.11. The molecule has 2 nitrogen and oxygen atoms in total. The lowest BCUT2D eigenvalue weighted by Crippen LogP contribution is -1.92. The van der Waals surface area contributed by atoms with Gasteiger partial charge in [-0.1, -0.05) is 78.1 Å². The summed E-state index contributed by atoms with van der Waals surface area (Å²) in [5.74, 6) is 1.78.